The number of nitrogens with one attached hydrogen (secondary N) is 1. The predicted octanol–water partition coefficient (Wildman–Crippen LogP) is 2.47. The molecule has 19 heavy (non-hydrogen) atoms. The molecule has 2 rings (SSSR count). The van der Waals surface area contributed by atoms with Gasteiger partial charge in [0, 0.05) is 11.8 Å². The van der Waals surface area contributed by atoms with Gasteiger partial charge in [0.15, 0.2) is 11.6 Å². The van der Waals surface area contributed by atoms with Crippen molar-refractivity contribution >= 4 is 24.0 Å². The number of carbonyl (C=O) groups excluding carboxylic acids is 1. The highest BCUT2D eigenvalue weighted by atomic mass is 35.5. The molecule has 0 radical (unpaired) electrons. The maximum Gasteiger partial charge on any atom is 0.244 e. The molecule has 106 valence electrons. The van der Waals surface area contributed by atoms with Crippen molar-refractivity contribution in [2.75, 3.05) is 12.4 Å². The van der Waals surface area contributed by atoms with E-state index in [-0.39, 0.29) is 24.1 Å². The first-order valence-corrected chi connectivity index (χ1v) is 5.99. The predicted molar refractivity (Wildman–Crippen MR) is 74.2 cm³/mol. The lowest BCUT2D eigenvalue weighted by Gasteiger charge is -2.22. The van der Waals surface area contributed by atoms with Crippen molar-refractivity contribution in [1.29, 1.82) is 0 Å². The molecule has 1 aromatic carbocycles. The van der Waals surface area contributed by atoms with Gasteiger partial charge in [0.2, 0.25) is 5.91 Å². The highest BCUT2D eigenvalue weighted by Gasteiger charge is 2.36. The Labute approximate surface area is 117 Å². The zero-order chi connectivity index (χ0) is 13.2. The molecular weight excluding hydrogens is 271 g/mol. The Bertz CT molecular complexity index is 462. The molecule has 6 heteroatoms. The number of benzene rings is 1. The van der Waals surface area contributed by atoms with Gasteiger partial charge in [-0.05, 0) is 25.0 Å². The molecule has 1 aromatic rings. The molecule has 1 amide bonds. The Balaban J connectivity index is 0.00000180. The Morgan fingerprint density at radius 1 is 1.42 bits per heavy atom. The molecule has 1 aliphatic carbocycles. The smallest absolute Gasteiger partial charge is 0.244 e. The lowest BCUT2D eigenvalue weighted by atomic mass is 9.98. The number of hydrogen-bond acceptors (Lipinski definition) is 3. The van der Waals surface area contributed by atoms with E-state index in [4.69, 9.17) is 10.5 Å². The fraction of sp³-hybridized carbons (Fsp3) is 0.462. The van der Waals surface area contributed by atoms with Crippen molar-refractivity contribution in [3.8, 4) is 5.75 Å². The monoisotopic (exact) mass is 288 g/mol. The molecule has 0 atom stereocenters. The molecule has 0 aromatic heterocycles. The second kappa shape index (κ2) is 6.21. The van der Waals surface area contributed by atoms with Crippen LogP contribution < -0.4 is 15.8 Å². The molecule has 1 fully saturated rings. The average molecular weight is 289 g/mol. The largest absolute Gasteiger partial charge is 0.494 e. The van der Waals surface area contributed by atoms with Crippen LogP contribution in [-0.4, -0.2) is 18.6 Å². The number of halogens is 2. The quantitative estimate of drug-likeness (QED) is 0.898. The highest BCUT2D eigenvalue weighted by Crippen LogP contribution is 2.29. The molecular formula is C13H18ClFN2O2. The SMILES string of the molecule is COc1cc(NC(=O)C2(N)CCCC2)ccc1F.Cl. The van der Waals surface area contributed by atoms with Crippen LogP contribution in [-0.2, 0) is 4.79 Å². The van der Waals surface area contributed by atoms with Crippen LogP contribution in [0.25, 0.3) is 0 Å². The third-order valence-corrected chi connectivity index (χ3v) is 3.36. The molecule has 3 N–H and O–H groups in total. The minimum Gasteiger partial charge on any atom is -0.494 e. The van der Waals surface area contributed by atoms with E-state index in [1.165, 1.54) is 25.3 Å². The van der Waals surface area contributed by atoms with E-state index >= 15 is 0 Å². The van der Waals surface area contributed by atoms with Gasteiger partial charge in [-0.2, -0.15) is 0 Å². The summed E-state index contributed by atoms with van der Waals surface area (Å²) in [5.41, 5.74) is 5.74. The summed E-state index contributed by atoms with van der Waals surface area (Å²) < 4.78 is 18.1. The standard InChI is InChI=1S/C13H17FN2O2.ClH/c1-18-11-8-9(4-5-10(11)14)16-12(17)13(15)6-2-3-7-13;/h4-5,8H,2-3,6-7,15H2,1H3,(H,16,17);1H. The van der Waals surface area contributed by atoms with E-state index < -0.39 is 11.4 Å². The van der Waals surface area contributed by atoms with Gasteiger partial charge in [-0.3, -0.25) is 4.79 Å². The summed E-state index contributed by atoms with van der Waals surface area (Å²) in [6.07, 6.45) is 3.32. The van der Waals surface area contributed by atoms with Crippen molar-refractivity contribution in [1.82, 2.24) is 0 Å². The number of amides is 1. The first-order chi connectivity index (χ1) is 8.55. The number of hydrogen-bond donors (Lipinski definition) is 2. The third-order valence-electron chi connectivity index (χ3n) is 3.36. The third kappa shape index (κ3) is 3.36. The Hall–Kier alpha value is -1.33. The van der Waals surface area contributed by atoms with Crippen LogP contribution in [0.5, 0.6) is 5.75 Å². The summed E-state index contributed by atoms with van der Waals surface area (Å²) in [7, 11) is 1.38. The Morgan fingerprint density at radius 2 is 2.05 bits per heavy atom. The number of anilines is 1. The average Bonchev–Trinajstić information content (AvgIpc) is 2.80. The zero-order valence-electron chi connectivity index (χ0n) is 10.7. The summed E-state index contributed by atoms with van der Waals surface area (Å²) in [4.78, 5) is 12.1. The maximum absolute atomic E-state index is 13.2. The second-order valence-corrected chi connectivity index (χ2v) is 4.67. The molecule has 1 aliphatic rings. The summed E-state index contributed by atoms with van der Waals surface area (Å²) in [5, 5.41) is 2.72. The summed E-state index contributed by atoms with van der Waals surface area (Å²) in [5.74, 6) is -0.571. The van der Waals surface area contributed by atoms with E-state index in [9.17, 15) is 9.18 Å². The van der Waals surface area contributed by atoms with Crippen molar-refractivity contribution in [3.63, 3.8) is 0 Å². The first-order valence-electron chi connectivity index (χ1n) is 5.99. The summed E-state index contributed by atoms with van der Waals surface area (Å²) in [6, 6.07) is 4.20. The van der Waals surface area contributed by atoms with Crippen molar-refractivity contribution in [2.24, 2.45) is 5.73 Å². The molecule has 0 saturated heterocycles. The van der Waals surface area contributed by atoms with E-state index in [2.05, 4.69) is 5.32 Å². The van der Waals surface area contributed by atoms with Crippen LogP contribution in [0.1, 0.15) is 25.7 Å². The molecule has 1 saturated carbocycles. The van der Waals surface area contributed by atoms with E-state index in [1.807, 2.05) is 0 Å². The molecule has 0 bridgehead atoms. The summed E-state index contributed by atoms with van der Waals surface area (Å²) in [6.45, 7) is 0. The van der Waals surface area contributed by atoms with Gasteiger partial charge >= 0.3 is 0 Å². The number of ether oxygens (including phenoxy) is 1. The Kier molecular flexibility index (Phi) is 5.14. The van der Waals surface area contributed by atoms with Crippen LogP contribution in [0.2, 0.25) is 0 Å². The molecule has 0 unspecified atom stereocenters. The number of methoxy groups -OCH3 is 1. The fourth-order valence-corrected chi connectivity index (χ4v) is 2.23. The van der Waals surface area contributed by atoms with Gasteiger partial charge in [-0.15, -0.1) is 12.4 Å². The minimum atomic E-state index is -0.790. The van der Waals surface area contributed by atoms with Gasteiger partial charge < -0.3 is 15.8 Å². The number of carbonyl (C=O) groups is 1. The number of rotatable bonds is 3. The van der Waals surface area contributed by atoms with Gasteiger partial charge in [0.05, 0.1) is 12.6 Å². The lowest BCUT2D eigenvalue weighted by Crippen LogP contribution is -2.48. The summed E-state index contributed by atoms with van der Waals surface area (Å²) >= 11 is 0. The van der Waals surface area contributed by atoms with Crippen LogP contribution in [0, 0.1) is 5.82 Å². The minimum absolute atomic E-state index is 0. The molecule has 0 heterocycles. The van der Waals surface area contributed by atoms with Crippen LogP contribution in [0.3, 0.4) is 0 Å². The van der Waals surface area contributed by atoms with Crippen molar-refractivity contribution in [3.05, 3.63) is 24.0 Å². The van der Waals surface area contributed by atoms with E-state index in [0.29, 0.717) is 18.5 Å². The van der Waals surface area contributed by atoms with Crippen LogP contribution >= 0.6 is 12.4 Å². The fourth-order valence-electron chi connectivity index (χ4n) is 2.23. The van der Waals surface area contributed by atoms with Crippen LogP contribution in [0.4, 0.5) is 10.1 Å². The van der Waals surface area contributed by atoms with Gasteiger partial charge in [-0.1, -0.05) is 12.8 Å². The lowest BCUT2D eigenvalue weighted by molar-refractivity contribution is -0.121. The van der Waals surface area contributed by atoms with Crippen molar-refractivity contribution in [2.45, 2.75) is 31.2 Å². The molecule has 4 nitrogen and oxygen atoms in total. The van der Waals surface area contributed by atoms with Crippen LogP contribution in [0.15, 0.2) is 18.2 Å². The van der Waals surface area contributed by atoms with E-state index in [1.54, 1.807) is 0 Å². The Morgan fingerprint density at radius 3 is 2.63 bits per heavy atom. The van der Waals surface area contributed by atoms with Gasteiger partial charge in [-0.25, -0.2) is 4.39 Å². The normalized spacial score (nSPS) is 16.6. The van der Waals surface area contributed by atoms with E-state index in [0.717, 1.165) is 12.8 Å². The number of nitrogens with two attached hydrogens (primary N) is 1. The van der Waals surface area contributed by atoms with Gasteiger partial charge in [0.25, 0.3) is 0 Å². The zero-order valence-corrected chi connectivity index (χ0v) is 11.6. The molecule has 0 spiro atoms. The highest BCUT2D eigenvalue weighted by molar-refractivity contribution is 5.98. The van der Waals surface area contributed by atoms with Gasteiger partial charge in [0.1, 0.15) is 0 Å². The topological polar surface area (TPSA) is 64.3 Å². The molecule has 0 aliphatic heterocycles. The second-order valence-electron chi connectivity index (χ2n) is 4.67. The first kappa shape index (κ1) is 15.7. The van der Waals surface area contributed by atoms with Crippen molar-refractivity contribution < 1.29 is 13.9 Å². The maximum atomic E-state index is 13.2.